The Morgan fingerprint density at radius 2 is 0.598 bits per heavy atom. The van der Waals surface area contributed by atoms with Gasteiger partial charge in [-0.3, -0.25) is 0 Å². The first-order chi connectivity index (χ1) is 39.5. The van der Waals surface area contributed by atoms with E-state index >= 15 is 0 Å². The molecule has 6 N–H and O–H groups in total. The largest absolute Gasteiger partial charge is 0.493 e. The second-order valence-electron chi connectivity index (χ2n) is 22.1. The van der Waals surface area contributed by atoms with E-state index in [1.165, 1.54) is 0 Å². The molecule has 14 heteroatoms. The molecule has 9 aromatic rings. The summed E-state index contributed by atoms with van der Waals surface area (Å²) in [6.07, 6.45) is 7.91. The van der Waals surface area contributed by atoms with E-state index in [1.807, 2.05) is 249 Å². The second kappa shape index (κ2) is 22.5. The number of hydrogen-bond acceptors (Lipinski definition) is 6. The molecule has 0 radical (unpaired) electrons. The molecular weight excluding hydrogens is 1020 g/mol. The van der Waals surface area contributed by atoms with Gasteiger partial charge in [-0.2, -0.15) is 0 Å². The van der Waals surface area contributed by atoms with E-state index in [0.29, 0.717) is 145 Å². The fourth-order valence-electron chi connectivity index (χ4n) is 10.2. The number of benzene rings is 6. The molecule has 5 heterocycles. The zero-order valence-corrected chi connectivity index (χ0v) is 46.4. The number of nitrogens with zero attached hydrogens (tertiary/aromatic N) is 8. The minimum absolute atomic E-state index is 0.0256. The highest BCUT2D eigenvalue weighted by Crippen LogP contribution is 2.44. The summed E-state index contributed by atoms with van der Waals surface area (Å²) in [7, 11) is 12.0. The van der Waals surface area contributed by atoms with Gasteiger partial charge in [0.05, 0.1) is 87.8 Å². The van der Waals surface area contributed by atoms with E-state index in [0.717, 1.165) is 0 Å². The quantitative estimate of drug-likeness (QED) is 0.0357. The first-order valence-corrected chi connectivity index (χ1v) is 26.9. The number of rotatable bonds is 14. The molecule has 0 saturated carbocycles. The van der Waals surface area contributed by atoms with E-state index in [1.54, 1.807) is 0 Å². The highest BCUT2D eigenvalue weighted by molar-refractivity contribution is 6.05. The van der Waals surface area contributed by atoms with Crippen LogP contribution in [-0.2, 0) is 0 Å². The Balaban J connectivity index is 1.29. The predicted molar refractivity (Wildman–Crippen MR) is 336 cm³/mol. The van der Waals surface area contributed by atoms with E-state index in [4.69, 9.17) is 29.9 Å². The van der Waals surface area contributed by atoms with Gasteiger partial charge >= 0.3 is 0 Å². The van der Waals surface area contributed by atoms with Gasteiger partial charge in [0, 0.05) is 77.7 Å². The fraction of sp³-hybridized carbons (Fsp3) is 0.118. The summed E-state index contributed by atoms with van der Waals surface area (Å²) in [4.78, 5) is 38.1. The van der Waals surface area contributed by atoms with Crippen molar-refractivity contribution in [1.29, 1.82) is 0 Å². The average Bonchev–Trinajstić information content (AvgIpc) is 4.41. The second-order valence-corrected chi connectivity index (χ2v) is 22.1. The van der Waals surface area contributed by atoms with Gasteiger partial charge in [-0.15, -0.1) is 0 Å². The summed E-state index contributed by atoms with van der Waals surface area (Å²) < 4.78 is 0.918. The van der Waals surface area contributed by atoms with Gasteiger partial charge in [-0.25, -0.2) is 29.9 Å². The fourth-order valence-corrected chi connectivity index (χ4v) is 10.2. The van der Waals surface area contributed by atoms with Crippen molar-refractivity contribution in [2.75, 3.05) is 55.4 Å². The number of aliphatic hydroxyl groups excluding tert-OH is 4. The number of nitrogens with one attached hydrogen (secondary N) is 2. The molecule has 0 atom stereocenters. The SMILES string of the molecule is C[N+](C)(C)CC(O)=Nc1ccccc1-c1c2nc(c(-c3ccccc3N=C(O)c3ccccc3)c3ccc([nH]3)c(-c3ccccc3N=C(O)C[N+](C)(C)C)c3nc(c(-c4ccccc4N=C(O)c4ccccc4)c4ccc1[nH]4)C=C3)C=C2. The molecule has 0 amide bonds. The van der Waals surface area contributed by atoms with Crippen molar-refractivity contribution in [1.82, 2.24) is 19.9 Å². The van der Waals surface area contributed by atoms with Crippen LogP contribution >= 0.6 is 0 Å². The molecule has 14 nitrogen and oxygen atoms in total. The molecule has 2 aliphatic rings. The van der Waals surface area contributed by atoms with Gasteiger partial charge in [0.15, 0.2) is 13.1 Å². The molecular formula is C68H62N10O4+2. The number of para-hydroxylation sites is 4. The zero-order valence-electron chi connectivity index (χ0n) is 46.4. The van der Waals surface area contributed by atoms with E-state index in [-0.39, 0.29) is 23.6 Å². The van der Waals surface area contributed by atoms with Crippen LogP contribution in [0.25, 0.3) is 90.9 Å². The lowest BCUT2D eigenvalue weighted by molar-refractivity contribution is -0.861. The molecule has 0 spiro atoms. The van der Waals surface area contributed by atoms with Crippen LogP contribution in [0, 0.1) is 0 Å². The van der Waals surface area contributed by atoms with Crippen LogP contribution in [-0.4, -0.2) is 128 Å². The number of aromatic amines is 2. The topological polar surface area (TPSA) is 188 Å². The highest BCUT2D eigenvalue weighted by Gasteiger charge is 2.24. The molecule has 0 fully saturated rings. The molecule has 0 unspecified atom stereocenters. The smallest absolute Gasteiger partial charge is 0.243 e. The van der Waals surface area contributed by atoms with Crippen molar-refractivity contribution < 1.29 is 29.4 Å². The van der Waals surface area contributed by atoms with E-state index < -0.39 is 0 Å². The predicted octanol–water partition coefficient (Wildman–Crippen LogP) is 15.2. The van der Waals surface area contributed by atoms with Crippen LogP contribution in [0.3, 0.4) is 0 Å². The minimum Gasteiger partial charge on any atom is -0.493 e. The number of quaternary nitrogens is 2. The third-order valence-electron chi connectivity index (χ3n) is 13.7. The number of aliphatic hydroxyl groups is 4. The summed E-state index contributed by atoms with van der Waals surface area (Å²) in [6, 6.07) is 57.2. The van der Waals surface area contributed by atoms with Crippen LogP contribution < -0.4 is 0 Å². The summed E-state index contributed by atoms with van der Waals surface area (Å²) in [5, 5.41) is 46.1. The number of aliphatic imine (C=N–C) groups is 4. The average molecular weight is 1080 g/mol. The Hall–Kier alpha value is -10.3. The summed E-state index contributed by atoms with van der Waals surface area (Å²) in [5.74, 6) is -0.344. The molecule has 406 valence electrons. The Morgan fingerprint density at radius 1 is 0.341 bits per heavy atom. The maximum Gasteiger partial charge on any atom is 0.243 e. The van der Waals surface area contributed by atoms with Crippen molar-refractivity contribution in [2.45, 2.75) is 0 Å². The Morgan fingerprint density at radius 3 is 0.878 bits per heavy atom. The van der Waals surface area contributed by atoms with Gasteiger partial charge < -0.3 is 39.4 Å². The lowest BCUT2D eigenvalue weighted by atomic mass is 10.0. The van der Waals surface area contributed by atoms with E-state index in [9.17, 15) is 20.4 Å². The number of likely N-dealkylation sites (N-methyl/N-ethyl adjacent to an activating group) is 2. The van der Waals surface area contributed by atoms with Crippen LogP contribution in [0.2, 0.25) is 0 Å². The number of hydrogen-bond donors (Lipinski definition) is 6. The molecule has 6 aromatic carbocycles. The first kappa shape index (κ1) is 53.7. The van der Waals surface area contributed by atoms with Gasteiger partial charge in [0.2, 0.25) is 23.6 Å². The molecule has 2 aliphatic heterocycles. The summed E-state index contributed by atoms with van der Waals surface area (Å²) >= 11 is 0. The molecule has 82 heavy (non-hydrogen) atoms. The monoisotopic (exact) mass is 1080 g/mol. The van der Waals surface area contributed by atoms with Crippen LogP contribution in [0.1, 0.15) is 33.9 Å². The minimum atomic E-state index is -0.146. The van der Waals surface area contributed by atoms with Gasteiger partial charge in [-0.1, -0.05) is 109 Å². The zero-order chi connectivity index (χ0) is 57.1. The van der Waals surface area contributed by atoms with E-state index in [2.05, 4.69) is 9.97 Å². The maximum atomic E-state index is 11.6. The van der Waals surface area contributed by atoms with Crippen molar-refractivity contribution in [3.8, 4) is 44.5 Å². The van der Waals surface area contributed by atoms with Gasteiger partial charge in [0.25, 0.3) is 0 Å². The Bertz CT molecular complexity index is 4010. The van der Waals surface area contributed by atoms with Crippen LogP contribution in [0.5, 0.6) is 0 Å². The molecule has 0 aliphatic carbocycles. The lowest BCUT2D eigenvalue weighted by Crippen LogP contribution is -2.39. The number of aromatic nitrogens is 4. The molecule has 3 aromatic heterocycles. The summed E-state index contributed by atoms with van der Waals surface area (Å²) in [6.45, 7) is 0.581. The molecule has 8 bridgehead atoms. The Kier molecular flexibility index (Phi) is 14.7. The van der Waals surface area contributed by atoms with Crippen molar-refractivity contribution in [2.24, 2.45) is 20.0 Å². The van der Waals surface area contributed by atoms with Crippen molar-refractivity contribution in [3.05, 3.63) is 216 Å². The van der Waals surface area contributed by atoms with Crippen molar-refractivity contribution >= 4 is 92.7 Å². The normalized spacial score (nSPS) is 13.2. The molecule has 0 saturated heterocycles. The van der Waals surface area contributed by atoms with Crippen LogP contribution in [0.4, 0.5) is 22.7 Å². The Labute approximate surface area is 475 Å². The summed E-state index contributed by atoms with van der Waals surface area (Å²) in [5.41, 5.74) is 13.9. The standard InChI is InChI=1S/C68H60N10O4/c1-77(2,3)41-61(79)73-49-29-17-13-25-45(49)63-53-33-37-57(69-53)65(47-27-15-19-31-51(47)75-67(81)43-21-9-7-10-22-43)59-39-35-55(71-59)64(46-26-14-18-30-50(46)74-62(80)42-78(4,5)6)56-36-40-60(72-56)66(58-38-34-54(63)70-58)48-28-16-20-32-52(48)76-68(82)44-23-11-8-12-24-44/h7-40H,41-42H2,1-6H3,(H4-2,69,70,71,72,73,74,75,76,79,80,81,82)/p+2. The maximum absolute atomic E-state index is 11.6. The third-order valence-corrected chi connectivity index (χ3v) is 13.7. The van der Waals surface area contributed by atoms with Gasteiger partial charge in [0.1, 0.15) is 0 Å². The molecule has 11 rings (SSSR count). The number of H-pyrrole nitrogens is 2. The van der Waals surface area contributed by atoms with Crippen molar-refractivity contribution in [3.63, 3.8) is 0 Å². The highest BCUT2D eigenvalue weighted by atomic mass is 16.3. The first-order valence-electron chi connectivity index (χ1n) is 26.9. The van der Waals surface area contributed by atoms with Crippen LogP contribution in [0.15, 0.2) is 202 Å². The third kappa shape index (κ3) is 11.7. The lowest BCUT2D eigenvalue weighted by Gasteiger charge is -2.22. The number of fused-ring (bicyclic) bond motifs is 8. The van der Waals surface area contributed by atoms with Gasteiger partial charge in [-0.05, 0) is 97.1 Å².